The van der Waals surface area contributed by atoms with Gasteiger partial charge in [0, 0.05) is 55.9 Å². The number of piperidine rings is 1. The van der Waals surface area contributed by atoms with Crippen molar-refractivity contribution < 1.29 is 5.11 Å². The maximum absolute atomic E-state index is 10.5. The summed E-state index contributed by atoms with van der Waals surface area (Å²) >= 11 is 0. The van der Waals surface area contributed by atoms with Crippen LogP contribution in [-0.2, 0) is 6.54 Å². The lowest BCUT2D eigenvalue weighted by Gasteiger charge is -2.36. The largest absolute Gasteiger partial charge is 0.390 e. The summed E-state index contributed by atoms with van der Waals surface area (Å²) in [7, 11) is 0. The predicted molar refractivity (Wildman–Crippen MR) is 103 cm³/mol. The Morgan fingerprint density at radius 3 is 2.44 bits per heavy atom. The molecule has 2 aromatic rings. The number of hydrogen-bond donors (Lipinski definition) is 2. The number of rotatable bonds is 5. The number of anilines is 1. The number of aliphatic hydroxyl groups excluding tert-OH is 1. The molecule has 0 bridgehead atoms. The highest BCUT2D eigenvalue weighted by atomic mass is 16.3. The lowest BCUT2D eigenvalue weighted by molar-refractivity contribution is 0.0558. The zero-order chi connectivity index (χ0) is 18.5. The van der Waals surface area contributed by atoms with E-state index in [1.807, 2.05) is 12.4 Å². The second-order valence-electron chi connectivity index (χ2n) is 7.70. The Morgan fingerprint density at radius 1 is 1.00 bits per heavy atom. The Bertz CT molecular complexity index is 704. The van der Waals surface area contributed by atoms with Crippen LogP contribution in [0.4, 0.5) is 5.95 Å². The van der Waals surface area contributed by atoms with Gasteiger partial charge in [0.05, 0.1) is 12.1 Å². The van der Waals surface area contributed by atoms with E-state index in [0.717, 1.165) is 30.9 Å². The van der Waals surface area contributed by atoms with Crippen LogP contribution in [0, 0.1) is 0 Å². The Hall–Kier alpha value is -2.12. The van der Waals surface area contributed by atoms with Crippen LogP contribution >= 0.6 is 0 Å². The quantitative estimate of drug-likeness (QED) is 0.838. The van der Waals surface area contributed by atoms with Gasteiger partial charge in [0.15, 0.2) is 0 Å². The smallest absolute Gasteiger partial charge is 0.222 e. The number of likely N-dealkylation sites (tertiary alicyclic amines) is 1. The number of nitrogens with zero attached hydrogens (tertiary/aromatic N) is 5. The average Bonchev–Trinajstić information content (AvgIpc) is 2.72. The van der Waals surface area contributed by atoms with Crippen LogP contribution < -0.4 is 5.32 Å². The van der Waals surface area contributed by atoms with Crippen LogP contribution in [0.5, 0.6) is 0 Å². The Labute approximate surface area is 160 Å². The van der Waals surface area contributed by atoms with E-state index < -0.39 is 6.10 Å². The summed E-state index contributed by atoms with van der Waals surface area (Å²) in [5.74, 6) is 2.11. The standard InChI is InChI=1S/C20H28N6O/c27-18-14-26(10-7-17(18)25-20-21-8-4-9-22-20)13-15-11-23-19(24-12-15)16-5-2-1-3-6-16/h4,8-9,11-12,16-18,27H,1-3,5-7,10,13-14H2,(H,21,22,25). The lowest BCUT2D eigenvalue weighted by Crippen LogP contribution is -2.49. The molecule has 1 saturated heterocycles. The second-order valence-corrected chi connectivity index (χ2v) is 7.70. The molecule has 4 rings (SSSR count). The molecule has 1 aliphatic heterocycles. The van der Waals surface area contributed by atoms with Crippen LogP contribution in [0.1, 0.15) is 55.8 Å². The molecule has 2 unspecified atom stereocenters. The number of hydrogen-bond acceptors (Lipinski definition) is 7. The lowest BCUT2D eigenvalue weighted by atomic mass is 9.89. The van der Waals surface area contributed by atoms with E-state index in [2.05, 4.69) is 30.2 Å². The van der Waals surface area contributed by atoms with Crippen LogP contribution in [0.2, 0.25) is 0 Å². The molecule has 0 amide bonds. The summed E-state index contributed by atoms with van der Waals surface area (Å²) in [6, 6.07) is 1.76. The van der Waals surface area contributed by atoms with Crippen molar-refractivity contribution in [3.63, 3.8) is 0 Å². The molecule has 2 aromatic heterocycles. The normalized spacial score (nSPS) is 24.6. The number of β-amino-alcohol motifs (C(OH)–C–C–N with tert-alkyl or cyclic N) is 1. The molecule has 1 aliphatic carbocycles. The van der Waals surface area contributed by atoms with Gasteiger partial charge in [-0.3, -0.25) is 4.90 Å². The van der Waals surface area contributed by atoms with Gasteiger partial charge in [-0.25, -0.2) is 19.9 Å². The zero-order valence-electron chi connectivity index (χ0n) is 15.7. The fourth-order valence-corrected chi connectivity index (χ4v) is 4.12. The Kier molecular flexibility index (Phi) is 5.89. The maximum atomic E-state index is 10.5. The molecule has 2 atom stereocenters. The molecule has 2 N–H and O–H groups in total. The third-order valence-corrected chi connectivity index (χ3v) is 5.65. The van der Waals surface area contributed by atoms with Crippen molar-refractivity contribution in [2.24, 2.45) is 0 Å². The van der Waals surface area contributed by atoms with Gasteiger partial charge >= 0.3 is 0 Å². The van der Waals surface area contributed by atoms with Gasteiger partial charge in [-0.2, -0.15) is 0 Å². The van der Waals surface area contributed by atoms with E-state index in [9.17, 15) is 5.11 Å². The van der Waals surface area contributed by atoms with Gasteiger partial charge in [0.25, 0.3) is 0 Å². The molecule has 0 spiro atoms. The minimum absolute atomic E-state index is 0.0198. The summed E-state index contributed by atoms with van der Waals surface area (Å²) in [5, 5.41) is 13.7. The molecular formula is C20H28N6O. The monoisotopic (exact) mass is 368 g/mol. The van der Waals surface area contributed by atoms with E-state index in [4.69, 9.17) is 0 Å². The van der Waals surface area contributed by atoms with E-state index in [-0.39, 0.29) is 6.04 Å². The van der Waals surface area contributed by atoms with E-state index in [1.165, 1.54) is 32.1 Å². The summed E-state index contributed by atoms with van der Waals surface area (Å²) in [6.07, 6.45) is 14.1. The molecule has 3 heterocycles. The van der Waals surface area contributed by atoms with Crippen LogP contribution in [0.15, 0.2) is 30.9 Å². The molecule has 7 heteroatoms. The van der Waals surface area contributed by atoms with Crippen molar-refractivity contribution in [3.8, 4) is 0 Å². The van der Waals surface area contributed by atoms with E-state index in [0.29, 0.717) is 18.4 Å². The molecule has 2 fully saturated rings. The third kappa shape index (κ3) is 4.78. The Balaban J connectivity index is 1.29. The summed E-state index contributed by atoms with van der Waals surface area (Å²) in [6.45, 7) is 2.30. The van der Waals surface area contributed by atoms with Gasteiger partial charge in [0.1, 0.15) is 5.82 Å². The number of aromatic nitrogens is 4. The van der Waals surface area contributed by atoms with Gasteiger partial charge in [0.2, 0.25) is 5.95 Å². The highest BCUT2D eigenvalue weighted by Crippen LogP contribution is 2.30. The van der Waals surface area contributed by atoms with Crippen molar-refractivity contribution in [1.29, 1.82) is 0 Å². The van der Waals surface area contributed by atoms with Crippen molar-refractivity contribution >= 4 is 5.95 Å². The SMILES string of the molecule is OC1CN(Cc2cnc(C3CCCCC3)nc2)CCC1Nc1ncccn1. The number of aliphatic hydroxyl groups is 1. The third-order valence-electron chi connectivity index (χ3n) is 5.65. The topological polar surface area (TPSA) is 87.1 Å². The Morgan fingerprint density at radius 2 is 1.74 bits per heavy atom. The summed E-state index contributed by atoms with van der Waals surface area (Å²) in [5.41, 5.74) is 1.11. The first-order valence-corrected chi connectivity index (χ1v) is 10.0. The highest BCUT2D eigenvalue weighted by molar-refractivity contribution is 5.25. The van der Waals surface area contributed by atoms with E-state index >= 15 is 0 Å². The maximum Gasteiger partial charge on any atom is 0.222 e. The molecule has 144 valence electrons. The first kappa shape index (κ1) is 18.3. The molecule has 7 nitrogen and oxygen atoms in total. The van der Waals surface area contributed by atoms with Gasteiger partial charge in [-0.05, 0) is 25.3 Å². The van der Waals surface area contributed by atoms with Crippen LogP contribution in [-0.4, -0.2) is 55.2 Å². The van der Waals surface area contributed by atoms with Crippen LogP contribution in [0.25, 0.3) is 0 Å². The summed E-state index contributed by atoms with van der Waals surface area (Å²) < 4.78 is 0. The summed E-state index contributed by atoms with van der Waals surface area (Å²) in [4.78, 5) is 19.9. The minimum Gasteiger partial charge on any atom is -0.390 e. The highest BCUT2D eigenvalue weighted by Gasteiger charge is 2.28. The molecule has 27 heavy (non-hydrogen) atoms. The fraction of sp³-hybridized carbons (Fsp3) is 0.600. The molecule has 0 aromatic carbocycles. The molecular weight excluding hydrogens is 340 g/mol. The second kappa shape index (κ2) is 8.71. The molecule has 2 aliphatic rings. The first-order chi connectivity index (χ1) is 13.3. The fourth-order valence-electron chi connectivity index (χ4n) is 4.12. The van der Waals surface area contributed by atoms with Gasteiger partial charge in [-0.15, -0.1) is 0 Å². The van der Waals surface area contributed by atoms with E-state index in [1.54, 1.807) is 18.5 Å². The average molecular weight is 368 g/mol. The van der Waals surface area contributed by atoms with Crippen molar-refractivity contribution in [2.45, 2.75) is 63.1 Å². The minimum atomic E-state index is -0.454. The van der Waals surface area contributed by atoms with Gasteiger partial charge in [-0.1, -0.05) is 19.3 Å². The molecule has 0 radical (unpaired) electrons. The van der Waals surface area contributed by atoms with Crippen molar-refractivity contribution in [3.05, 3.63) is 42.2 Å². The van der Waals surface area contributed by atoms with Gasteiger partial charge < -0.3 is 10.4 Å². The first-order valence-electron chi connectivity index (χ1n) is 10.0. The van der Waals surface area contributed by atoms with Crippen molar-refractivity contribution in [2.75, 3.05) is 18.4 Å². The zero-order valence-corrected chi connectivity index (χ0v) is 15.7. The molecule has 1 saturated carbocycles. The number of nitrogens with one attached hydrogen (secondary N) is 1. The predicted octanol–water partition coefficient (Wildman–Crippen LogP) is 2.36. The van der Waals surface area contributed by atoms with Crippen LogP contribution in [0.3, 0.4) is 0 Å². The van der Waals surface area contributed by atoms with Crippen molar-refractivity contribution in [1.82, 2.24) is 24.8 Å².